The van der Waals surface area contributed by atoms with Crippen LogP contribution < -0.4 is 34.9 Å². The molecule has 0 saturated heterocycles. The van der Waals surface area contributed by atoms with Crippen molar-refractivity contribution in [1.82, 2.24) is 0 Å². The van der Waals surface area contributed by atoms with Crippen molar-refractivity contribution < 1.29 is 52.5 Å². The lowest BCUT2D eigenvalue weighted by molar-refractivity contribution is -0.140. The first-order valence-electron chi connectivity index (χ1n) is 10.0. The number of ether oxygens (including phenoxy) is 4. The molecule has 2 aromatic rings. The summed E-state index contributed by atoms with van der Waals surface area (Å²) in [6.45, 7) is 0. The van der Waals surface area contributed by atoms with Crippen LogP contribution in [0.15, 0.2) is 30.3 Å². The van der Waals surface area contributed by atoms with E-state index in [2.05, 4.69) is 10.3 Å². The van der Waals surface area contributed by atoms with E-state index in [9.17, 15) is 14.2 Å². The zero-order chi connectivity index (χ0) is 27.5. The third-order valence-corrected chi connectivity index (χ3v) is 4.73. The van der Waals surface area contributed by atoms with Crippen molar-refractivity contribution in [1.29, 1.82) is 0 Å². The Kier molecular flexibility index (Phi) is 11.7. The highest BCUT2D eigenvalue weighted by molar-refractivity contribution is 7.46. The number of carboxylic acid groups (broad SMARTS) is 1. The van der Waals surface area contributed by atoms with Gasteiger partial charge in [0.15, 0.2) is 23.0 Å². The summed E-state index contributed by atoms with van der Waals surface area (Å²) in [5, 5.41) is 8.10. The SMILES string of the molecule is COc1ccc(/C=C\c2cc(OC)c(OC)c(OC)c2)cc1OP(=O)(O)O.NC(=O)CC(N)C(=O)O. The molecule has 13 nitrogen and oxygen atoms in total. The van der Waals surface area contributed by atoms with Gasteiger partial charge >= 0.3 is 13.8 Å². The molecule has 0 aliphatic rings. The predicted octanol–water partition coefficient (Wildman–Crippen LogP) is 1.64. The molecule has 14 heteroatoms. The van der Waals surface area contributed by atoms with Gasteiger partial charge in [0.05, 0.1) is 34.9 Å². The molecule has 2 rings (SSSR count). The Hall–Kier alpha value is -3.77. The van der Waals surface area contributed by atoms with E-state index in [4.69, 9.17) is 39.6 Å². The fourth-order valence-corrected chi connectivity index (χ4v) is 3.09. The summed E-state index contributed by atoms with van der Waals surface area (Å²) in [7, 11) is 1.26. The maximum Gasteiger partial charge on any atom is 0.524 e. The number of primary amides is 1. The monoisotopic (exact) mass is 528 g/mol. The minimum Gasteiger partial charge on any atom is -0.493 e. The topological polar surface area (TPSA) is 210 Å². The van der Waals surface area contributed by atoms with Gasteiger partial charge in [0.25, 0.3) is 0 Å². The minimum absolute atomic E-state index is 0.0575. The Balaban J connectivity index is 0.000000613. The highest BCUT2D eigenvalue weighted by Gasteiger charge is 2.19. The van der Waals surface area contributed by atoms with Crippen LogP contribution in [0, 0.1) is 0 Å². The maximum absolute atomic E-state index is 11.1. The van der Waals surface area contributed by atoms with Gasteiger partial charge in [0.2, 0.25) is 11.7 Å². The van der Waals surface area contributed by atoms with Crippen LogP contribution in [-0.2, 0) is 14.2 Å². The van der Waals surface area contributed by atoms with E-state index in [0.717, 1.165) is 5.56 Å². The molecule has 0 bridgehead atoms. The summed E-state index contributed by atoms with van der Waals surface area (Å²) < 4.78 is 36.8. The molecule has 1 atom stereocenters. The third kappa shape index (κ3) is 9.84. The molecule has 0 aromatic heterocycles. The summed E-state index contributed by atoms with van der Waals surface area (Å²) in [6.07, 6.45) is 3.22. The van der Waals surface area contributed by atoms with Crippen molar-refractivity contribution in [3.63, 3.8) is 0 Å². The van der Waals surface area contributed by atoms with Crippen molar-refractivity contribution in [2.24, 2.45) is 11.5 Å². The van der Waals surface area contributed by atoms with Crippen LogP contribution >= 0.6 is 7.82 Å². The number of carbonyl (C=O) groups is 2. The molecule has 0 fully saturated rings. The molecule has 0 spiro atoms. The van der Waals surface area contributed by atoms with Gasteiger partial charge in [0, 0.05) is 0 Å². The number of phosphoric ester groups is 1. The van der Waals surface area contributed by atoms with Gasteiger partial charge in [-0.3, -0.25) is 19.4 Å². The van der Waals surface area contributed by atoms with Gasteiger partial charge < -0.3 is 40.0 Å². The van der Waals surface area contributed by atoms with E-state index < -0.39 is 25.7 Å². The fraction of sp³-hybridized carbons (Fsp3) is 0.273. The van der Waals surface area contributed by atoms with Crippen molar-refractivity contribution in [3.8, 4) is 28.7 Å². The first-order chi connectivity index (χ1) is 16.8. The largest absolute Gasteiger partial charge is 0.524 e. The fourth-order valence-electron chi connectivity index (χ4n) is 2.69. The van der Waals surface area contributed by atoms with Crippen LogP contribution in [0.3, 0.4) is 0 Å². The highest BCUT2D eigenvalue weighted by Crippen LogP contribution is 2.42. The van der Waals surface area contributed by atoms with E-state index in [1.54, 1.807) is 36.4 Å². The van der Waals surface area contributed by atoms with Gasteiger partial charge in [-0.05, 0) is 35.4 Å². The molecule has 0 aliphatic carbocycles. The van der Waals surface area contributed by atoms with E-state index in [0.29, 0.717) is 22.8 Å². The molecule has 0 aliphatic heterocycles. The van der Waals surface area contributed by atoms with Crippen LogP contribution in [0.1, 0.15) is 17.5 Å². The summed E-state index contributed by atoms with van der Waals surface area (Å²) in [6, 6.07) is 7.12. The molecule has 0 saturated carbocycles. The predicted molar refractivity (Wildman–Crippen MR) is 130 cm³/mol. The number of nitrogens with two attached hydrogens (primary N) is 2. The van der Waals surface area contributed by atoms with Crippen molar-refractivity contribution >= 4 is 31.9 Å². The van der Waals surface area contributed by atoms with E-state index in [1.165, 1.54) is 34.5 Å². The van der Waals surface area contributed by atoms with Crippen molar-refractivity contribution in [3.05, 3.63) is 41.5 Å². The number of carboxylic acids is 1. The van der Waals surface area contributed by atoms with Gasteiger partial charge in [-0.1, -0.05) is 18.2 Å². The number of rotatable bonds is 11. The Morgan fingerprint density at radius 3 is 1.78 bits per heavy atom. The number of aliphatic carboxylic acids is 1. The molecule has 1 unspecified atom stereocenters. The van der Waals surface area contributed by atoms with Gasteiger partial charge in [-0.25, -0.2) is 4.57 Å². The standard InChI is InChI=1S/C18H21O8P.C4H8N2O3/c1-22-14-8-7-12(9-15(14)26-27(19,20)21)5-6-13-10-16(23-2)18(25-4)17(11-13)24-3;5-2(4(8)9)1-3(6)7/h5-11H,1-4H3,(H2,19,20,21);2H,1,5H2,(H2,6,7)(H,8,9)/b6-5-;. The van der Waals surface area contributed by atoms with Crippen LogP contribution in [0.2, 0.25) is 0 Å². The number of hydrogen-bond acceptors (Lipinski definition) is 9. The average molecular weight is 528 g/mol. The quantitative estimate of drug-likeness (QED) is 0.208. The van der Waals surface area contributed by atoms with Crippen LogP contribution in [0.25, 0.3) is 12.2 Å². The zero-order valence-electron chi connectivity index (χ0n) is 20.0. The Morgan fingerprint density at radius 1 is 0.889 bits per heavy atom. The molecule has 0 heterocycles. The number of hydrogen-bond donors (Lipinski definition) is 5. The van der Waals surface area contributed by atoms with E-state index in [1.807, 2.05) is 0 Å². The number of carbonyl (C=O) groups excluding carboxylic acids is 1. The summed E-state index contributed by atoms with van der Waals surface area (Å²) in [5.41, 5.74) is 11.0. The minimum atomic E-state index is -4.71. The molecule has 2 aromatic carbocycles. The smallest absolute Gasteiger partial charge is 0.493 e. The summed E-state index contributed by atoms with van der Waals surface area (Å²) in [5.74, 6) is -0.257. The molecule has 36 heavy (non-hydrogen) atoms. The lowest BCUT2D eigenvalue weighted by Crippen LogP contribution is -2.34. The normalized spacial score (nSPS) is 11.6. The van der Waals surface area contributed by atoms with Crippen molar-refractivity contribution in [2.75, 3.05) is 28.4 Å². The zero-order valence-corrected chi connectivity index (χ0v) is 20.9. The third-order valence-electron chi connectivity index (χ3n) is 4.30. The van der Waals surface area contributed by atoms with Crippen LogP contribution in [0.4, 0.5) is 0 Å². The van der Waals surface area contributed by atoms with Crippen LogP contribution in [0.5, 0.6) is 28.7 Å². The van der Waals surface area contributed by atoms with Crippen LogP contribution in [-0.4, -0.2) is 61.3 Å². The highest BCUT2D eigenvalue weighted by atomic mass is 31.2. The van der Waals surface area contributed by atoms with Gasteiger partial charge in [0.1, 0.15) is 6.04 Å². The van der Waals surface area contributed by atoms with E-state index >= 15 is 0 Å². The molecule has 198 valence electrons. The number of methoxy groups -OCH3 is 4. The lowest BCUT2D eigenvalue weighted by atomic mass is 10.1. The molecule has 7 N–H and O–H groups in total. The first kappa shape index (κ1) is 30.3. The molecule has 0 radical (unpaired) electrons. The van der Waals surface area contributed by atoms with Crippen molar-refractivity contribution in [2.45, 2.75) is 12.5 Å². The average Bonchev–Trinajstić information content (AvgIpc) is 2.80. The number of amides is 1. The summed E-state index contributed by atoms with van der Waals surface area (Å²) >= 11 is 0. The number of phosphoric acid groups is 1. The Morgan fingerprint density at radius 2 is 1.39 bits per heavy atom. The Bertz CT molecular complexity index is 1110. The first-order valence-corrected chi connectivity index (χ1v) is 11.6. The second kappa shape index (κ2) is 14.0. The van der Waals surface area contributed by atoms with Gasteiger partial charge in [-0.15, -0.1) is 0 Å². The number of benzene rings is 2. The second-order valence-electron chi connectivity index (χ2n) is 6.90. The second-order valence-corrected chi connectivity index (χ2v) is 8.06. The van der Waals surface area contributed by atoms with E-state index in [-0.39, 0.29) is 17.9 Å². The summed E-state index contributed by atoms with van der Waals surface area (Å²) in [4.78, 5) is 38.0. The molecular formula is C22H29N2O11P. The van der Waals surface area contributed by atoms with Gasteiger partial charge in [-0.2, -0.15) is 0 Å². The molecular weight excluding hydrogens is 499 g/mol. The lowest BCUT2D eigenvalue weighted by Gasteiger charge is -2.13. The Labute approximate surface area is 207 Å². The molecule has 1 amide bonds. The maximum atomic E-state index is 11.1.